The van der Waals surface area contributed by atoms with E-state index in [1.54, 1.807) is 6.07 Å². The lowest BCUT2D eigenvalue weighted by Crippen LogP contribution is -2.57. The first-order valence-electron chi connectivity index (χ1n) is 10.1. The second-order valence-electron chi connectivity index (χ2n) is 7.85. The predicted molar refractivity (Wildman–Crippen MR) is 105 cm³/mol. The Morgan fingerprint density at radius 1 is 1.11 bits per heavy atom. The van der Waals surface area contributed by atoms with E-state index < -0.39 is 12.0 Å². The SMILES string of the molecule is OC(c1ccc(F)cn1)N1CCOC2(CCN(CCc3ccccc3)CC2)C1. The molecule has 2 aliphatic heterocycles. The van der Waals surface area contributed by atoms with Crippen molar-refractivity contribution in [2.75, 3.05) is 39.3 Å². The highest BCUT2D eigenvalue weighted by atomic mass is 19.1. The molecule has 1 N–H and O–H groups in total. The number of pyridine rings is 1. The molecular formula is C22H28FN3O2. The van der Waals surface area contributed by atoms with Gasteiger partial charge in [-0.1, -0.05) is 30.3 Å². The standard InChI is InChI=1S/C22H28FN3O2/c23-19-6-7-20(24-16-19)21(27)26-14-15-28-22(17-26)9-12-25(13-10-22)11-8-18-4-2-1-3-5-18/h1-7,16,21,27H,8-15,17H2. The summed E-state index contributed by atoms with van der Waals surface area (Å²) in [6.07, 6.45) is 3.32. The maximum Gasteiger partial charge on any atom is 0.150 e. The molecule has 150 valence electrons. The zero-order chi connectivity index (χ0) is 19.4. The molecule has 2 saturated heterocycles. The van der Waals surface area contributed by atoms with Crippen LogP contribution >= 0.6 is 0 Å². The normalized spacial score (nSPS) is 21.6. The predicted octanol–water partition coefficient (Wildman–Crippen LogP) is 2.62. The highest BCUT2D eigenvalue weighted by Gasteiger charge is 2.41. The molecule has 1 atom stereocenters. The van der Waals surface area contributed by atoms with E-state index in [9.17, 15) is 9.50 Å². The van der Waals surface area contributed by atoms with Gasteiger partial charge in [0.1, 0.15) is 5.82 Å². The summed E-state index contributed by atoms with van der Waals surface area (Å²) in [5.74, 6) is -0.391. The van der Waals surface area contributed by atoms with Crippen molar-refractivity contribution in [2.24, 2.45) is 0 Å². The average molecular weight is 385 g/mol. The van der Waals surface area contributed by atoms with Crippen LogP contribution in [0.25, 0.3) is 0 Å². The lowest BCUT2D eigenvalue weighted by atomic mass is 9.89. The van der Waals surface area contributed by atoms with Gasteiger partial charge < -0.3 is 14.7 Å². The first-order valence-corrected chi connectivity index (χ1v) is 10.1. The molecule has 1 unspecified atom stereocenters. The van der Waals surface area contributed by atoms with E-state index in [2.05, 4.69) is 40.2 Å². The van der Waals surface area contributed by atoms with Crippen molar-refractivity contribution in [3.8, 4) is 0 Å². The van der Waals surface area contributed by atoms with E-state index in [0.29, 0.717) is 25.4 Å². The van der Waals surface area contributed by atoms with Crippen LogP contribution in [0.15, 0.2) is 48.7 Å². The molecule has 1 aromatic heterocycles. The van der Waals surface area contributed by atoms with Gasteiger partial charge in [0.05, 0.1) is 24.1 Å². The Kier molecular flexibility index (Phi) is 6.01. The van der Waals surface area contributed by atoms with Crippen LogP contribution in [0.3, 0.4) is 0 Å². The largest absolute Gasteiger partial charge is 0.372 e. The van der Waals surface area contributed by atoms with Crippen molar-refractivity contribution in [1.82, 2.24) is 14.8 Å². The van der Waals surface area contributed by atoms with E-state index in [-0.39, 0.29) is 5.60 Å². The Labute approximate surface area is 165 Å². The Balaban J connectivity index is 1.31. The lowest BCUT2D eigenvalue weighted by Gasteiger charge is -2.48. The summed E-state index contributed by atoms with van der Waals surface area (Å²) in [6.45, 7) is 5.00. The number of rotatable bonds is 5. The molecule has 2 aliphatic rings. The molecule has 1 aromatic carbocycles. The number of aliphatic hydroxyl groups excluding tert-OH is 1. The highest BCUT2D eigenvalue weighted by molar-refractivity contribution is 5.15. The van der Waals surface area contributed by atoms with Crippen molar-refractivity contribution in [1.29, 1.82) is 0 Å². The lowest BCUT2D eigenvalue weighted by molar-refractivity contribution is -0.168. The summed E-state index contributed by atoms with van der Waals surface area (Å²) < 4.78 is 19.3. The van der Waals surface area contributed by atoms with Gasteiger partial charge in [0, 0.05) is 32.7 Å². The van der Waals surface area contributed by atoms with Crippen LogP contribution in [0, 0.1) is 5.82 Å². The number of halogens is 1. The number of benzene rings is 1. The van der Waals surface area contributed by atoms with Crippen LogP contribution in [0.2, 0.25) is 0 Å². The van der Waals surface area contributed by atoms with E-state index in [1.165, 1.54) is 11.6 Å². The molecule has 0 saturated carbocycles. The van der Waals surface area contributed by atoms with Crippen LogP contribution in [-0.4, -0.2) is 64.8 Å². The van der Waals surface area contributed by atoms with Gasteiger partial charge in [-0.3, -0.25) is 9.88 Å². The zero-order valence-electron chi connectivity index (χ0n) is 16.1. The third kappa shape index (κ3) is 4.58. The number of hydrogen-bond donors (Lipinski definition) is 1. The maximum absolute atomic E-state index is 13.1. The highest BCUT2D eigenvalue weighted by Crippen LogP contribution is 2.33. The Hall–Kier alpha value is -1.86. The summed E-state index contributed by atoms with van der Waals surface area (Å²) in [7, 11) is 0. The van der Waals surface area contributed by atoms with Crippen molar-refractivity contribution in [2.45, 2.75) is 31.1 Å². The minimum atomic E-state index is -0.822. The minimum absolute atomic E-state index is 0.206. The van der Waals surface area contributed by atoms with Gasteiger partial charge in [-0.05, 0) is 37.0 Å². The number of likely N-dealkylation sites (tertiary alicyclic amines) is 1. The summed E-state index contributed by atoms with van der Waals surface area (Å²) in [4.78, 5) is 8.54. The molecule has 0 amide bonds. The van der Waals surface area contributed by atoms with Crippen LogP contribution in [-0.2, 0) is 11.2 Å². The number of hydrogen-bond acceptors (Lipinski definition) is 5. The van der Waals surface area contributed by atoms with Crippen LogP contribution < -0.4 is 0 Å². The molecular weight excluding hydrogens is 357 g/mol. The molecule has 3 heterocycles. The van der Waals surface area contributed by atoms with Crippen LogP contribution in [0.4, 0.5) is 4.39 Å². The monoisotopic (exact) mass is 385 g/mol. The first-order chi connectivity index (χ1) is 13.6. The van der Waals surface area contributed by atoms with E-state index in [1.807, 2.05) is 4.90 Å². The first kappa shape index (κ1) is 19.5. The molecule has 1 spiro atoms. The second-order valence-corrected chi connectivity index (χ2v) is 7.85. The maximum atomic E-state index is 13.1. The Bertz CT molecular complexity index is 748. The number of aliphatic hydroxyl groups is 1. The fourth-order valence-electron chi connectivity index (χ4n) is 4.23. The number of morpholine rings is 1. The molecule has 0 radical (unpaired) electrons. The van der Waals surface area contributed by atoms with Crippen molar-refractivity contribution in [3.63, 3.8) is 0 Å². The van der Waals surface area contributed by atoms with Crippen molar-refractivity contribution < 1.29 is 14.2 Å². The summed E-state index contributed by atoms with van der Waals surface area (Å²) in [5.41, 5.74) is 1.65. The summed E-state index contributed by atoms with van der Waals surface area (Å²) >= 11 is 0. The molecule has 5 nitrogen and oxygen atoms in total. The number of piperidine rings is 1. The van der Waals surface area contributed by atoms with E-state index in [4.69, 9.17) is 4.74 Å². The molecule has 0 aliphatic carbocycles. The third-order valence-corrected chi connectivity index (χ3v) is 5.97. The summed E-state index contributed by atoms with van der Waals surface area (Å²) in [5, 5.41) is 10.7. The molecule has 2 aromatic rings. The molecule has 2 fully saturated rings. The fraction of sp³-hybridized carbons (Fsp3) is 0.500. The summed E-state index contributed by atoms with van der Waals surface area (Å²) in [6, 6.07) is 13.5. The zero-order valence-corrected chi connectivity index (χ0v) is 16.1. The number of ether oxygens (including phenoxy) is 1. The number of aromatic nitrogens is 1. The fourth-order valence-corrected chi connectivity index (χ4v) is 4.23. The minimum Gasteiger partial charge on any atom is -0.372 e. The van der Waals surface area contributed by atoms with Crippen molar-refractivity contribution in [3.05, 3.63) is 65.7 Å². The number of nitrogens with zero attached hydrogens (tertiary/aromatic N) is 3. The Morgan fingerprint density at radius 2 is 1.89 bits per heavy atom. The average Bonchev–Trinajstić information content (AvgIpc) is 2.74. The van der Waals surface area contributed by atoms with E-state index >= 15 is 0 Å². The van der Waals surface area contributed by atoms with E-state index in [0.717, 1.165) is 45.1 Å². The second kappa shape index (κ2) is 8.66. The van der Waals surface area contributed by atoms with Crippen LogP contribution in [0.5, 0.6) is 0 Å². The van der Waals surface area contributed by atoms with Crippen molar-refractivity contribution >= 4 is 0 Å². The molecule has 4 rings (SSSR count). The van der Waals surface area contributed by atoms with Gasteiger partial charge in [0.2, 0.25) is 0 Å². The van der Waals surface area contributed by atoms with Gasteiger partial charge in [-0.25, -0.2) is 4.39 Å². The Morgan fingerprint density at radius 3 is 2.61 bits per heavy atom. The van der Waals surface area contributed by atoms with Gasteiger partial charge in [-0.15, -0.1) is 0 Å². The van der Waals surface area contributed by atoms with Crippen LogP contribution in [0.1, 0.15) is 30.3 Å². The topological polar surface area (TPSA) is 48.8 Å². The quantitative estimate of drug-likeness (QED) is 0.858. The molecule has 0 bridgehead atoms. The smallest absolute Gasteiger partial charge is 0.150 e. The van der Waals surface area contributed by atoms with Gasteiger partial charge in [-0.2, -0.15) is 0 Å². The molecule has 28 heavy (non-hydrogen) atoms. The van der Waals surface area contributed by atoms with Gasteiger partial charge >= 0.3 is 0 Å². The van der Waals surface area contributed by atoms with Gasteiger partial charge in [0.25, 0.3) is 0 Å². The third-order valence-electron chi connectivity index (χ3n) is 5.97. The van der Waals surface area contributed by atoms with Gasteiger partial charge in [0.15, 0.2) is 6.23 Å². The molecule has 6 heteroatoms.